The van der Waals surface area contributed by atoms with Crippen LogP contribution in [-0.4, -0.2) is 8.42 Å². The van der Waals surface area contributed by atoms with E-state index in [0.717, 1.165) is 30.6 Å². The predicted octanol–water partition coefficient (Wildman–Crippen LogP) is 7.32. The summed E-state index contributed by atoms with van der Waals surface area (Å²) in [5.41, 5.74) is 3.01. The van der Waals surface area contributed by atoms with Gasteiger partial charge in [0, 0.05) is 4.91 Å². The van der Waals surface area contributed by atoms with Crippen LogP contribution >= 0.6 is 0 Å². The molecule has 2 nitrogen and oxygen atoms in total. The Balaban J connectivity index is 1.43. The fourth-order valence-electron chi connectivity index (χ4n) is 7.55. The SMILES string of the molecule is C=C(CC(CC12CC3CC(CC(C3)C1)C2)c1ccc(CC)cc1)S(=O)(=O)c1ccccc1. The quantitative estimate of drug-likeness (QED) is 0.424. The third kappa shape index (κ3) is 4.21. The van der Waals surface area contributed by atoms with Crippen molar-refractivity contribution in [2.75, 3.05) is 0 Å². The van der Waals surface area contributed by atoms with Gasteiger partial charge in [0.2, 0.25) is 9.84 Å². The van der Waals surface area contributed by atoms with Gasteiger partial charge in [0.25, 0.3) is 0 Å². The summed E-state index contributed by atoms with van der Waals surface area (Å²) in [6.07, 6.45) is 11.0. The second-order valence-corrected chi connectivity index (χ2v) is 13.0. The highest BCUT2D eigenvalue weighted by molar-refractivity contribution is 7.95. The van der Waals surface area contributed by atoms with Crippen molar-refractivity contribution in [3.8, 4) is 0 Å². The van der Waals surface area contributed by atoms with Gasteiger partial charge in [0.1, 0.15) is 0 Å². The van der Waals surface area contributed by atoms with Gasteiger partial charge in [-0.3, -0.25) is 0 Å². The van der Waals surface area contributed by atoms with Crippen molar-refractivity contribution in [3.05, 3.63) is 77.2 Å². The molecule has 4 fully saturated rings. The number of hydrogen-bond donors (Lipinski definition) is 0. The molecule has 4 bridgehead atoms. The highest BCUT2D eigenvalue weighted by atomic mass is 32.2. The Hall–Kier alpha value is -1.87. The van der Waals surface area contributed by atoms with Gasteiger partial charge in [-0.2, -0.15) is 0 Å². The molecule has 2 aromatic carbocycles. The van der Waals surface area contributed by atoms with Crippen LogP contribution < -0.4 is 0 Å². The maximum atomic E-state index is 13.3. The summed E-state index contributed by atoms with van der Waals surface area (Å²) < 4.78 is 26.5. The summed E-state index contributed by atoms with van der Waals surface area (Å²) in [5, 5.41) is 0. The minimum Gasteiger partial charge on any atom is -0.219 e. The lowest BCUT2D eigenvalue weighted by molar-refractivity contribution is -0.0607. The first kappa shape index (κ1) is 21.9. The van der Waals surface area contributed by atoms with Gasteiger partial charge in [-0.05, 0) is 110 Å². The van der Waals surface area contributed by atoms with E-state index in [1.807, 2.05) is 6.07 Å². The lowest BCUT2D eigenvalue weighted by Gasteiger charge is -2.58. The molecule has 0 heterocycles. The molecule has 0 aromatic heterocycles. The van der Waals surface area contributed by atoms with Crippen LogP contribution in [-0.2, 0) is 16.3 Å². The molecule has 0 N–H and O–H groups in total. The Kier molecular flexibility index (Phi) is 5.82. The Morgan fingerprint density at radius 2 is 1.50 bits per heavy atom. The minimum atomic E-state index is -3.52. The summed E-state index contributed by atoms with van der Waals surface area (Å²) in [4.78, 5) is 0.720. The third-order valence-electron chi connectivity index (χ3n) is 8.61. The first-order chi connectivity index (χ1) is 15.4. The fourth-order valence-corrected chi connectivity index (χ4v) is 8.82. The number of aryl methyl sites for hydroxylation is 1. The van der Waals surface area contributed by atoms with Gasteiger partial charge in [-0.25, -0.2) is 8.42 Å². The molecule has 0 amide bonds. The van der Waals surface area contributed by atoms with Crippen molar-refractivity contribution in [2.45, 2.75) is 75.5 Å². The second kappa shape index (κ2) is 8.48. The van der Waals surface area contributed by atoms with E-state index in [-0.39, 0.29) is 5.92 Å². The normalized spacial score (nSPS) is 29.7. The van der Waals surface area contributed by atoms with Gasteiger partial charge in [0.15, 0.2) is 0 Å². The Morgan fingerprint density at radius 1 is 0.938 bits per heavy atom. The lowest BCUT2D eigenvalue weighted by atomic mass is 9.48. The number of benzene rings is 2. The van der Waals surface area contributed by atoms with E-state index in [9.17, 15) is 8.42 Å². The number of allylic oxidation sites excluding steroid dienone is 1. The third-order valence-corrected chi connectivity index (χ3v) is 10.4. The minimum absolute atomic E-state index is 0.211. The molecule has 170 valence electrons. The molecule has 1 atom stereocenters. The first-order valence-electron chi connectivity index (χ1n) is 12.4. The number of hydrogen-bond acceptors (Lipinski definition) is 2. The highest BCUT2D eigenvalue weighted by Gasteiger charge is 2.51. The Bertz CT molecular complexity index is 1030. The van der Waals surface area contributed by atoms with Crippen LogP contribution in [0.2, 0.25) is 0 Å². The molecule has 4 aliphatic rings. The van der Waals surface area contributed by atoms with Crippen molar-refractivity contribution in [1.82, 2.24) is 0 Å². The molecular weight excluding hydrogens is 412 g/mol. The van der Waals surface area contributed by atoms with E-state index in [1.54, 1.807) is 24.3 Å². The van der Waals surface area contributed by atoms with Crippen molar-refractivity contribution < 1.29 is 8.42 Å². The van der Waals surface area contributed by atoms with Gasteiger partial charge >= 0.3 is 0 Å². The average Bonchev–Trinajstić information content (AvgIpc) is 2.78. The van der Waals surface area contributed by atoms with Crippen LogP contribution in [0.25, 0.3) is 0 Å². The summed E-state index contributed by atoms with van der Waals surface area (Å²) in [5.74, 6) is 2.92. The fraction of sp³-hybridized carbons (Fsp3) is 0.517. The smallest absolute Gasteiger partial charge is 0.202 e. The van der Waals surface area contributed by atoms with Crippen molar-refractivity contribution >= 4 is 9.84 Å². The van der Waals surface area contributed by atoms with Crippen LogP contribution in [0, 0.1) is 23.2 Å². The van der Waals surface area contributed by atoms with Crippen molar-refractivity contribution in [1.29, 1.82) is 0 Å². The Morgan fingerprint density at radius 3 is 2.03 bits per heavy atom. The zero-order chi connectivity index (χ0) is 22.3. The lowest BCUT2D eigenvalue weighted by Crippen LogP contribution is -2.46. The van der Waals surface area contributed by atoms with Crippen molar-refractivity contribution in [2.24, 2.45) is 23.2 Å². The molecule has 4 aliphatic carbocycles. The van der Waals surface area contributed by atoms with Gasteiger partial charge in [-0.1, -0.05) is 56.0 Å². The molecule has 2 aromatic rings. The molecule has 4 saturated carbocycles. The Labute approximate surface area is 194 Å². The van der Waals surface area contributed by atoms with Crippen LogP contribution in [0.5, 0.6) is 0 Å². The van der Waals surface area contributed by atoms with Gasteiger partial charge in [0.05, 0.1) is 4.90 Å². The molecule has 0 aliphatic heterocycles. The summed E-state index contributed by atoms with van der Waals surface area (Å²) in [6.45, 7) is 6.28. The molecule has 0 spiro atoms. The van der Waals surface area contributed by atoms with Crippen LogP contribution in [0.15, 0.2) is 71.0 Å². The van der Waals surface area contributed by atoms with E-state index in [0.29, 0.717) is 21.6 Å². The van der Waals surface area contributed by atoms with E-state index in [1.165, 1.54) is 49.7 Å². The van der Waals surface area contributed by atoms with Gasteiger partial charge in [-0.15, -0.1) is 0 Å². The van der Waals surface area contributed by atoms with Crippen molar-refractivity contribution in [3.63, 3.8) is 0 Å². The van der Waals surface area contributed by atoms with Crippen LogP contribution in [0.1, 0.15) is 75.3 Å². The maximum absolute atomic E-state index is 13.3. The number of sulfone groups is 1. The standard InChI is InChI=1S/C29H36O2S/c1-3-22-9-11-26(12-10-22)27(13-21(2)32(30,31)28-7-5-4-6-8-28)20-29-17-23-14-24(18-29)16-25(15-23)19-29/h4-12,23-25,27H,2-3,13-20H2,1H3. The average molecular weight is 449 g/mol. The molecule has 0 saturated heterocycles. The topological polar surface area (TPSA) is 34.1 Å². The molecular formula is C29H36O2S. The van der Waals surface area contributed by atoms with Gasteiger partial charge < -0.3 is 0 Å². The van der Waals surface area contributed by atoms with E-state index >= 15 is 0 Å². The zero-order valence-electron chi connectivity index (χ0n) is 19.3. The molecule has 1 unspecified atom stereocenters. The molecule has 3 heteroatoms. The predicted molar refractivity (Wildman–Crippen MR) is 131 cm³/mol. The molecule has 0 radical (unpaired) electrons. The molecule has 6 rings (SSSR count). The zero-order valence-corrected chi connectivity index (χ0v) is 20.1. The molecule has 32 heavy (non-hydrogen) atoms. The summed E-state index contributed by atoms with van der Waals surface area (Å²) >= 11 is 0. The van der Waals surface area contributed by atoms with Crippen LogP contribution in [0.3, 0.4) is 0 Å². The highest BCUT2D eigenvalue weighted by Crippen LogP contribution is 2.63. The maximum Gasteiger partial charge on any atom is 0.202 e. The largest absolute Gasteiger partial charge is 0.219 e. The monoisotopic (exact) mass is 448 g/mol. The summed E-state index contributed by atoms with van der Waals surface area (Å²) in [7, 11) is -3.52. The van der Waals surface area contributed by atoms with E-state index in [4.69, 9.17) is 0 Å². The van der Waals surface area contributed by atoms with E-state index in [2.05, 4.69) is 37.8 Å². The summed E-state index contributed by atoms with van der Waals surface area (Å²) in [6, 6.07) is 17.7. The number of rotatable bonds is 8. The second-order valence-electron chi connectivity index (χ2n) is 11.0. The van der Waals surface area contributed by atoms with E-state index < -0.39 is 9.84 Å². The first-order valence-corrected chi connectivity index (χ1v) is 13.9. The van der Waals surface area contributed by atoms with Crippen LogP contribution in [0.4, 0.5) is 0 Å².